The highest BCUT2D eigenvalue weighted by Gasteiger charge is 2.13. The standard InChI is InChI=1S/C18H24BrNS/c1-14(2)12-20-13-16(10-15-6-4-3-5-7-15)11-18-17(19)8-9-21-18/h3-9,14,16,20H,10-13H2,1-2H3. The van der Waals surface area contributed by atoms with E-state index in [1.165, 1.54) is 14.9 Å². The maximum atomic E-state index is 3.66. The quantitative estimate of drug-likeness (QED) is 0.681. The average molecular weight is 366 g/mol. The molecule has 0 amide bonds. The van der Waals surface area contributed by atoms with E-state index in [1.54, 1.807) is 0 Å². The van der Waals surface area contributed by atoms with Crippen LogP contribution in [0.1, 0.15) is 24.3 Å². The van der Waals surface area contributed by atoms with E-state index in [1.807, 2.05) is 11.3 Å². The Hall–Kier alpha value is -0.640. The number of hydrogen-bond donors (Lipinski definition) is 1. The van der Waals surface area contributed by atoms with Gasteiger partial charge in [0.15, 0.2) is 0 Å². The van der Waals surface area contributed by atoms with E-state index in [9.17, 15) is 0 Å². The maximum Gasteiger partial charge on any atom is 0.0314 e. The lowest BCUT2D eigenvalue weighted by atomic mass is 9.95. The fourth-order valence-corrected chi connectivity index (χ4v) is 4.10. The molecule has 0 fully saturated rings. The van der Waals surface area contributed by atoms with Crippen molar-refractivity contribution in [3.63, 3.8) is 0 Å². The highest BCUT2D eigenvalue weighted by Crippen LogP contribution is 2.26. The van der Waals surface area contributed by atoms with E-state index in [4.69, 9.17) is 0 Å². The Morgan fingerprint density at radius 3 is 2.43 bits per heavy atom. The summed E-state index contributed by atoms with van der Waals surface area (Å²) in [7, 11) is 0. The molecule has 21 heavy (non-hydrogen) atoms. The SMILES string of the molecule is CC(C)CNCC(Cc1ccccc1)Cc1sccc1Br. The fraction of sp³-hybridized carbons (Fsp3) is 0.444. The van der Waals surface area contributed by atoms with E-state index in [-0.39, 0.29) is 0 Å². The molecule has 114 valence electrons. The molecule has 2 rings (SSSR count). The Morgan fingerprint density at radius 1 is 1.05 bits per heavy atom. The average Bonchev–Trinajstić information content (AvgIpc) is 2.85. The normalized spacial score (nSPS) is 12.8. The lowest BCUT2D eigenvalue weighted by Crippen LogP contribution is -2.28. The number of benzene rings is 1. The van der Waals surface area contributed by atoms with Crippen LogP contribution in [0.4, 0.5) is 0 Å². The molecule has 1 unspecified atom stereocenters. The first-order chi connectivity index (χ1) is 10.1. The van der Waals surface area contributed by atoms with Gasteiger partial charge in [-0.05, 0) is 70.7 Å². The molecule has 0 aliphatic heterocycles. The van der Waals surface area contributed by atoms with Crippen LogP contribution in [0.2, 0.25) is 0 Å². The van der Waals surface area contributed by atoms with E-state index >= 15 is 0 Å². The molecular formula is C18H24BrNS. The molecule has 1 N–H and O–H groups in total. The van der Waals surface area contributed by atoms with Crippen molar-refractivity contribution >= 4 is 27.3 Å². The van der Waals surface area contributed by atoms with Crippen LogP contribution in [0.15, 0.2) is 46.3 Å². The summed E-state index contributed by atoms with van der Waals surface area (Å²) in [6, 6.07) is 13.0. The second kappa shape index (κ2) is 8.72. The largest absolute Gasteiger partial charge is 0.316 e. The zero-order valence-electron chi connectivity index (χ0n) is 12.8. The Bertz CT molecular complexity index is 521. The summed E-state index contributed by atoms with van der Waals surface area (Å²) >= 11 is 5.52. The second-order valence-electron chi connectivity index (χ2n) is 6.00. The van der Waals surface area contributed by atoms with Gasteiger partial charge in [-0.2, -0.15) is 0 Å². The van der Waals surface area contributed by atoms with Gasteiger partial charge in [0.05, 0.1) is 0 Å². The second-order valence-corrected chi connectivity index (χ2v) is 7.86. The Kier molecular flexibility index (Phi) is 6.94. The molecule has 1 nitrogen and oxygen atoms in total. The van der Waals surface area contributed by atoms with Gasteiger partial charge in [-0.15, -0.1) is 11.3 Å². The molecule has 0 radical (unpaired) electrons. The number of hydrogen-bond acceptors (Lipinski definition) is 2. The Labute approximate surface area is 140 Å². The predicted molar refractivity (Wildman–Crippen MR) is 97.1 cm³/mol. The van der Waals surface area contributed by atoms with Gasteiger partial charge < -0.3 is 5.32 Å². The molecule has 0 aliphatic rings. The van der Waals surface area contributed by atoms with Crippen LogP contribution in [0.5, 0.6) is 0 Å². The summed E-state index contributed by atoms with van der Waals surface area (Å²) in [5.41, 5.74) is 1.43. The Balaban J connectivity index is 1.97. The van der Waals surface area contributed by atoms with Gasteiger partial charge >= 0.3 is 0 Å². The molecule has 0 spiro atoms. The summed E-state index contributed by atoms with van der Waals surface area (Å²) in [4.78, 5) is 1.46. The molecule has 0 saturated carbocycles. The number of nitrogens with one attached hydrogen (secondary N) is 1. The van der Waals surface area contributed by atoms with Gasteiger partial charge in [0.1, 0.15) is 0 Å². The molecule has 0 aliphatic carbocycles. The first-order valence-electron chi connectivity index (χ1n) is 7.61. The molecule has 2 aromatic rings. The van der Waals surface area contributed by atoms with Gasteiger partial charge in [0.2, 0.25) is 0 Å². The van der Waals surface area contributed by atoms with Crippen LogP contribution in [0.25, 0.3) is 0 Å². The fourth-order valence-electron chi connectivity index (χ4n) is 2.47. The summed E-state index contributed by atoms with van der Waals surface area (Å²) in [6.45, 7) is 6.69. The van der Waals surface area contributed by atoms with Gasteiger partial charge in [-0.3, -0.25) is 0 Å². The van der Waals surface area contributed by atoms with Crippen LogP contribution in [0.3, 0.4) is 0 Å². The van der Waals surface area contributed by atoms with Crippen molar-refractivity contribution in [2.45, 2.75) is 26.7 Å². The zero-order valence-corrected chi connectivity index (χ0v) is 15.2. The minimum absolute atomic E-state index is 0.640. The highest BCUT2D eigenvalue weighted by atomic mass is 79.9. The summed E-state index contributed by atoms with van der Waals surface area (Å²) < 4.78 is 1.26. The minimum atomic E-state index is 0.640. The minimum Gasteiger partial charge on any atom is -0.316 e. The third-order valence-electron chi connectivity index (χ3n) is 3.52. The summed E-state index contributed by atoms with van der Waals surface area (Å²) in [5.74, 6) is 1.34. The van der Waals surface area contributed by atoms with E-state index < -0.39 is 0 Å². The van der Waals surface area contributed by atoms with Gasteiger partial charge in [-0.25, -0.2) is 0 Å². The van der Waals surface area contributed by atoms with E-state index in [0.717, 1.165) is 25.9 Å². The van der Waals surface area contributed by atoms with Crippen molar-refractivity contribution in [2.24, 2.45) is 11.8 Å². The van der Waals surface area contributed by atoms with Crippen LogP contribution in [-0.4, -0.2) is 13.1 Å². The van der Waals surface area contributed by atoms with Crippen molar-refractivity contribution in [3.8, 4) is 0 Å². The molecule has 0 bridgehead atoms. The van der Waals surface area contributed by atoms with Crippen LogP contribution < -0.4 is 5.32 Å². The molecule has 1 heterocycles. The van der Waals surface area contributed by atoms with Crippen LogP contribution in [-0.2, 0) is 12.8 Å². The monoisotopic (exact) mass is 365 g/mol. The lowest BCUT2D eigenvalue weighted by molar-refractivity contribution is 0.447. The van der Waals surface area contributed by atoms with Gasteiger partial charge in [0.25, 0.3) is 0 Å². The first-order valence-corrected chi connectivity index (χ1v) is 9.29. The number of thiophene rings is 1. The lowest BCUT2D eigenvalue weighted by Gasteiger charge is -2.18. The van der Waals surface area contributed by atoms with Crippen molar-refractivity contribution < 1.29 is 0 Å². The topological polar surface area (TPSA) is 12.0 Å². The predicted octanol–water partition coefficient (Wildman–Crippen LogP) is 5.16. The van der Waals surface area contributed by atoms with E-state index in [2.05, 4.69) is 76.9 Å². The van der Waals surface area contributed by atoms with Gasteiger partial charge in [0, 0.05) is 9.35 Å². The smallest absolute Gasteiger partial charge is 0.0314 e. The molecule has 1 aromatic carbocycles. The highest BCUT2D eigenvalue weighted by molar-refractivity contribution is 9.10. The van der Waals surface area contributed by atoms with Gasteiger partial charge in [-0.1, -0.05) is 44.2 Å². The Morgan fingerprint density at radius 2 is 1.81 bits per heavy atom. The molecule has 3 heteroatoms. The molecule has 1 atom stereocenters. The number of halogens is 1. The maximum absolute atomic E-state index is 3.66. The molecule has 0 saturated heterocycles. The van der Waals surface area contributed by atoms with Crippen molar-refractivity contribution in [2.75, 3.05) is 13.1 Å². The number of rotatable bonds is 8. The third kappa shape index (κ3) is 5.93. The molecule has 1 aromatic heterocycles. The van der Waals surface area contributed by atoms with Crippen LogP contribution in [0, 0.1) is 11.8 Å². The first kappa shape index (κ1) is 16.7. The summed E-state index contributed by atoms with van der Waals surface area (Å²) in [5, 5.41) is 5.79. The van der Waals surface area contributed by atoms with Crippen molar-refractivity contribution in [1.82, 2.24) is 5.32 Å². The molecular weight excluding hydrogens is 342 g/mol. The van der Waals surface area contributed by atoms with Crippen molar-refractivity contribution in [1.29, 1.82) is 0 Å². The van der Waals surface area contributed by atoms with E-state index in [0.29, 0.717) is 11.8 Å². The van der Waals surface area contributed by atoms with Crippen molar-refractivity contribution in [3.05, 3.63) is 56.7 Å². The third-order valence-corrected chi connectivity index (χ3v) is 5.47. The van der Waals surface area contributed by atoms with Crippen LogP contribution >= 0.6 is 27.3 Å². The zero-order chi connectivity index (χ0) is 15.1. The summed E-state index contributed by atoms with van der Waals surface area (Å²) in [6.07, 6.45) is 2.27.